The molecule has 2 aliphatic rings. The number of guanidine groups is 1. The summed E-state index contributed by atoms with van der Waals surface area (Å²) in [5, 5.41) is 7.46. The van der Waals surface area contributed by atoms with Gasteiger partial charge < -0.3 is 10.6 Å². The van der Waals surface area contributed by atoms with Gasteiger partial charge in [-0.05, 0) is 38.9 Å². The minimum absolute atomic E-state index is 0. The number of halogens is 1. The average molecular weight is 468 g/mol. The number of nitrogens with zero attached hydrogens (tertiary/aromatic N) is 2. The summed E-state index contributed by atoms with van der Waals surface area (Å²) in [5.74, 6) is 0.664. The van der Waals surface area contributed by atoms with Crippen LogP contribution in [0.5, 0.6) is 0 Å². The van der Waals surface area contributed by atoms with E-state index in [1.807, 2.05) is 18.7 Å². The highest BCUT2D eigenvalue weighted by atomic mass is 127. The van der Waals surface area contributed by atoms with Crippen LogP contribution >= 0.6 is 35.7 Å². The number of likely N-dealkylation sites (tertiary alicyclic amines) is 1. The zero-order valence-electron chi connectivity index (χ0n) is 14.5. The van der Waals surface area contributed by atoms with Crippen LogP contribution in [0.25, 0.3) is 0 Å². The standard InChI is InChI=1S/C16H28N4O2S.HI/c1-3-17-16(19-12-7-8-13(11-12)23-2)18-9-10-20-14(21)5-4-6-15(20)22;/h12-13H,3-11H2,1-2H3,(H2,17,18,19);1H. The highest BCUT2D eigenvalue weighted by molar-refractivity contribution is 14.0. The van der Waals surface area contributed by atoms with Crippen LogP contribution in [-0.4, -0.2) is 59.9 Å². The van der Waals surface area contributed by atoms with Gasteiger partial charge in [-0.25, -0.2) is 0 Å². The number of hydrogen-bond acceptors (Lipinski definition) is 4. The molecule has 1 aliphatic heterocycles. The molecule has 1 aliphatic carbocycles. The second kappa shape index (κ2) is 11.2. The van der Waals surface area contributed by atoms with E-state index in [1.54, 1.807) is 0 Å². The van der Waals surface area contributed by atoms with Gasteiger partial charge in [-0.2, -0.15) is 11.8 Å². The number of amides is 2. The third-order valence-corrected chi connectivity index (χ3v) is 5.47. The minimum atomic E-state index is -0.0620. The fourth-order valence-electron chi connectivity index (χ4n) is 3.11. The van der Waals surface area contributed by atoms with E-state index in [0.29, 0.717) is 38.4 Å². The maximum Gasteiger partial charge on any atom is 0.229 e. The van der Waals surface area contributed by atoms with Gasteiger partial charge in [0, 0.05) is 37.2 Å². The topological polar surface area (TPSA) is 73.8 Å². The van der Waals surface area contributed by atoms with Crippen molar-refractivity contribution in [2.75, 3.05) is 25.9 Å². The Morgan fingerprint density at radius 3 is 2.58 bits per heavy atom. The van der Waals surface area contributed by atoms with Crippen LogP contribution in [0.4, 0.5) is 0 Å². The van der Waals surface area contributed by atoms with Crippen LogP contribution < -0.4 is 10.6 Å². The van der Waals surface area contributed by atoms with Crippen LogP contribution in [-0.2, 0) is 9.59 Å². The van der Waals surface area contributed by atoms with Crippen molar-refractivity contribution in [1.82, 2.24) is 15.5 Å². The van der Waals surface area contributed by atoms with E-state index in [1.165, 1.54) is 17.7 Å². The summed E-state index contributed by atoms with van der Waals surface area (Å²) in [4.78, 5) is 29.4. The van der Waals surface area contributed by atoms with Crippen molar-refractivity contribution in [2.45, 2.75) is 56.7 Å². The number of nitrogens with one attached hydrogen (secondary N) is 2. The summed E-state index contributed by atoms with van der Waals surface area (Å²) < 4.78 is 0. The molecule has 1 saturated carbocycles. The first-order valence-electron chi connectivity index (χ1n) is 8.54. The molecule has 0 aromatic rings. The van der Waals surface area contributed by atoms with E-state index < -0.39 is 0 Å². The first-order valence-corrected chi connectivity index (χ1v) is 9.83. The van der Waals surface area contributed by atoms with E-state index in [-0.39, 0.29) is 35.8 Å². The Labute approximate surface area is 166 Å². The van der Waals surface area contributed by atoms with E-state index >= 15 is 0 Å². The number of hydrogen-bond donors (Lipinski definition) is 2. The highest BCUT2D eigenvalue weighted by Crippen LogP contribution is 2.27. The quantitative estimate of drug-likeness (QED) is 0.270. The largest absolute Gasteiger partial charge is 0.357 e. The summed E-state index contributed by atoms with van der Waals surface area (Å²) in [6.45, 7) is 3.66. The summed E-state index contributed by atoms with van der Waals surface area (Å²) in [7, 11) is 0. The number of piperidine rings is 1. The molecule has 8 heteroatoms. The molecule has 2 unspecified atom stereocenters. The first kappa shape index (κ1) is 21.5. The van der Waals surface area contributed by atoms with Crippen LogP contribution in [0.3, 0.4) is 0 Å². The van der Waals surface area contributed by atoms with E-state index in [4.69, 9.17) is 0 Å². The fourth-order valence-corrected chi connectivity index (χ4v) is 3.91. The molecule has 0 aromatic carbocycles. The minimum Gasteiger partial charge on any atom is -0.357 e. The predicted octanol–water partition coefficient (Wildman–Crippen LogP) is 1.98. The van der Waals surface area contributed by atoms with Crippen LogP contribution in [0.15, 0.2) is 4.99 Å². The SMILES string of the molecule is CCNC(=NCCN1C(=O)CCCC1=O)NC1CCC(SC)C1.I. The molecule has 2 N–H and O–H groups in total. The van der Waals surface area contributed by atoms with Crippen molar-refractivity contribution in [3.8, 4) is 0 Å². The number of imide groups is 1. The molecule has 24 heavy (non-hydrogen) atoms. The summed E-state index contributed by atoms with van der Waals surface area (Å²) in [5.41, 5.74) is 0. The highest BCUT2D eigenvalue weighted by Gasteiger charge is 2.26. The number of rotatable bonds is 6. The van der Waals surface area contributed by atoms with Gasteiger partial charge in [0.2, 0.25) is 11.8 Å². The Hall–Kier alpha value is -0.510. The smallest absolute Gasteiger partial charge is 0.229 e. The van der Waals surface area contributed by atoms with Gasteiger partial charge in [0.25, 0.3) is 0 Å². The lowest BCUT2D eigenvalue weighted by molar-refractivity contribution is -0.147. The lowest BCUT2D eigenvalue weighted by Gasteiger charge is -2.24. The molecule has 0 bridgehead atoms. The van der Waals surface area contributed by atoms with Crippen molar-refractivity contribution in [3.05, 3.63) is 0 Å². The predicted molar refractivity (Wildman–Crippen MR) is 110 cm³/mol. The summed E-state index contributed by atoms with van der Waals surface area (Å²) in [6, 6.07) is 0.462. The second-order valence-corrected chi connectivity index (χ2v) is 7.20. The maximum absolute atomic E-state index is 11.8. The number of carbonyl (C=O) groups is 2. The van der Waals surface area contributed by atoms with Crippen molar-refractivity contribution in [2.24, 2.45) is 4.99 Å². The molecular formula is C16H29IN4O2S. The molecular weight excluding hydrogens is 439 g/mol. The molecule has 2 fully saturated rings. The van der Waals surface area contributed by atoms with Gasteiger partial charge >= 0.3 is 0 Å². The Balaban J connectivity index is 0.00000288. The third-order valence-electron chi connectivity index (χ3n) is 4.38. The van der Waals surface area contributed by atoms with Gasteiger partial charge in [0.1, 0.15) is 0 Å². The molecule has 1 heterocycles. The Morgan fingerprint density at radius 1 is 1.29 bits per heavy atom. The molecule has 138 valence electrons. The molecule has 0 spiro atoms. The lowest BCUT2D eigenvalue weighted by atomic mass is 10.1. The number of thioether (sulfide) groups is 1. The van der Waals surface area contributed by atoms with Gasteiger partial charge in [-0.15, -0.1) is 24.0 Å². The molecule has 2 rings (SSSR count). The fraction of sp³-hybridized carbons (Fsp3) is 0.812. The number of carbonyl (C=O) groups excluding carboxylic acids is 2. The molecule has 1 saturated heterocycles. The van der Waals surface area contributed by atoms with Crippen LogP contribution in [0.1, 0.15) is 45.4 Å². The molecule has 0 radical (unpaired) electrons. The summed E-state index contributed by atoms with van der Waals surface area (Å²) >= 11 is 1.93. The maximum atomic E-state index is 11.8. The van der Waals surface area contributed by atoms with E-state index in [2.05, 4.69) is 21.9 Å². The second-order valence-electron chi connectivity index (χ2n) is 6.07. The first-order chi connectivity index (χ1) is 11.1. The Morgan fingerprint density at radius 2 is 2.00 bits per heavy atom. The van der Waals surface area contributed by atoms with Gasteiger partial charge in [0.15, 0.2) is 5.96 Å². The van der Waals surface area contributed by atoms with Crippen molar-refractivity contribution >= 4 is 53.5 Å². The summed E-state index contributed by atoms with van der Waals surface area (Å²) in [6.07, 6.45) is 7.37. The van der Waals surface area contributed by atoms with Crippen LogP contribution in [0, 0.1) is 0 Å². The average Bonchev–Trinajstić information content (AvgIpc) is 2.98. The van der Waals surface area contributed by atoms with Crippen molar-refractivity contribution < 1.29 is 9.59 Å². The normalized spacial score (nSPS) is 24.8. The van der Waals surface area contributed by atoms with E-state index in [9.17, 15) is 9.59 Å². The Kier molecular flexibility index (Phi) is 10.0. The monoisotopic (exact) mass is 468 g/mol. The third kappa shape index (κ3) is 6.42. The van der Waals surface area contributed by atoms with Crippen molar-refractivity contribution in [1.29, 1.82) is 0 Å². The zero-order valence-corrected chi connectivity index (χ0v) is 17.7. The van der Waals surface area contributed by atoms with Crippen molar-refractivity contribution in [3.63, 3.8) is 0 Å². The van der Waals surface area contributed by atoms with E-state index in [0.717, 1.165) is 24.2 Å². The zero-order chi connectivity index (χ0) is 16.7. The van der Waals surface area contributed by atoms with Gasteiger partial charge in [-0.1, -0.05) is 0 Å². The molecule has 2 atom stereocenters. The van der Waals surface area contributed by atoms with Crippen LogP contribution in [0.2, 0.25) is 0 Å². The Bertz CT molecular complexity index is 445. The van der Waals surface area contributed by atoms with Gasteiger partial charge in [-0.3, -0.25) is 19.5 Å². The van der Waals surface area contributed by atoms with Gasteiger partial charge in [0.05, 0.1) is 6.54 Å². The number of aliphatic imine (C=N–C) groups is 1. The molecule has 2 amide bonds. The molecule has 0 aromatic heterocycles. The molecule has 6 nitrogen and oxygen atoms in total. The lowest BCUT2D eigenvalue weighted by Crippen LogP contribution is -2.44.